The molecular weight excluding hydrogens is 390 g/mol. The Morgan fingerprint density at radius 2 is 1.90 bits per heavy atom. The molecule has 0 fully saturated rings. The normalized spacial score (nSPS) is 13.1. The zero-order valence-corrected chi connectivity index (χ0v) is 13.9. The maximum Gasteiger partial charge on any atom is 0.252 e. The van der Waals surface area contributed by atoms with Gasteiger partial charge in [0.1, 0.15) is 6.04 Å². The van der Waals surface area contributed by atoms with Gasteiger partial charge in [0.05, 0.1) is 6.07 Å². The van der Waals surface area contributed by atoms with Crippen LogP contribution in [0.5, 0.6) is 0 Å². The molecule has 0 unspecified atom stereocenters. The van der Waals surface area contributed by atoms with Gasteiger partial charge >= 0.3 is 0 Å². The molecule has 0 heterocycles. The summed E-state index contributed by atoms with van der Waals surface area (Å²) in [6, 6.07) is 6.14. The van der Waals surface area contributed by atoms with Gasteiger partial charge in [-0.25, -0.2) is 0 Å². The third kappa shape index (κ3) is 4.62. The van der Waals surface area contributed by atoms with Crippen molar-refractivity contribution in [3.8, 4) is 6.07 Å². The van der Waals surface area contributed by atoms with Crippen LogP contribution in [0.2, 0.25) is 0 Å². The van der Waals surface area contributed by atoms with Gasteiger partial charge in [0.25, 0.3) is 5.91 Å². The summed E-state index contributed by atoms with van der Waals surface area (Å²) in [5, 5.41) is 11.2. The molecule has 0 radical (unpaired) electrons. The third-order valence-electron chi connectivity index (χ3n) is 2.70. The molecule has 0 aromatic heterocycles. The van der Waals surface area contributed by atoms with Gasteiger partial charge in [-0.2, -0.15) is 5.26 Å². The molecule has 7 heteroatoms. The highest BCUT2D eigenvalue weighted by Gasteiger charge is 2.25. The highest BCUT2D eigenvalue weighted by molar-refractivity contribution is 9.11. The SMILES string of the molecule is C[C@H](CC#N)[C@H](NC(=O)c1cc(Br)cc(Br)c1)C(N)=O. The lowest BCUT2D eigenvalue weighted by Gasteiger charge is -2.20. The van der Waals surface area contributed by atoms with Crippen molar-refractivity contribution in [2.75, 3.05) is 0 Å². The van der Waals surface area contributed by atoms with Crippen LogP contribution in [0.4, 0.5) is 0 Å². The van der Waals surface area contributed by atoms with E-state index in [2.05, 4.69) is 37.2 Å². The van der Waals surface area contributed by atoms with E-state index in [4.69, 9.17) is 11.0 Å². The second-order valence-corrected chi connectivity index (χ2v) is 6.18. The average molecular weight is 403 g/mol. The van der Waals surface area contributed by atoms with Crippen molar-refractivity contribution in [2.24, 2.45) is 11.7 Å². The van der Waals surface area contributed by atoms with Gasteiger partial charge in [0.2, 0.25) is 5.91 Å². The van der Waals surface area contributed by atoms with Gasteiger partial charge in [0.15, 0.2) is 0 Å². The summed E-state index contributed by atoms with van der Waals surface area (Å²) in [7, 11) is 0. The molecule has 1 rings (SSSR count). The zero-order chi connectivity index (χ0) is 15.3. The van der Waals surface area contributed by atoms with E-state index in [1.54, 1.807) is 25.1 Å². The van der Waals surface area contributed by atoms with E-state index < -0.39 is 17.9 Å². The van der Waals surface area contributed by atoms with Crippen LogP contribution in [0, 0.1) is 17.2 Å². The number of hydrogen-bond acceptors (Lipinski definition) is 3. The fraction of sp³-hybridized carbons (Fsp3) is 0.308. The topological polar surface area (TPSA) is 96.0 Å². The van der Waals surface area contributed by atoms with E-state index in [0.29, 0.717) is 5.56 Å². The zero-order valence-electron chi connectivity index (χ0n) is 10.7. The minimum Gasteiger partial charge on any atom is -0.368 e. The van der Waals surface area contributed by atoms with E-state index in [1.807, 2.05) is 6.07 Å². The van der Waals surface area contributed by atoms with E-state index >= 15 is 0 Å². The van der Waals surface area contributed by atoms with Gasteiger partial charge in [-0.15, -0.1) is 0 Å². The molecule has 1 aromatic carbocycles. The minimum atomic E-state index is -0.875. The molecule has 2 atom stereocenters. The Morgan fingerprint density at radius 1 is 1.35 bits per heavy atom. The van der Waals surface area contributed by atoms with E-state index in [1.165, 1.54) is 0 Å². The predicted molar refractivity (Wildman–Crippen MR) is 81.7 cm³/mol. The Balaban J connectivity index is 2.91. The number of benzene rings is 1. The molecule has 1 aromatic rings. The number of hydrogen-bond donors (Lipinski definition) is 2. The van der Waals surface area contributed by atoms with Gasteiger partial charge in [-0.05, 0) is 24.1 Å². The highest BCUT2D eigenvalue weighted by atomic mass is 79.9. The molecule has 3 N–H and O–H groups in total. The van der Waals surface area contributed by atoms with E-state index in [0.717, 1.165) is 8.95 Å². The first-order chi connectivity index (χ1) is 9.35. The number of nitriles is 1. The first-order valence-electron chi connectivity index (χ1n) is 5.78. The summed E-state index contributed by atoms with van der Waals surface area (Å²) < 4.78 is 1.47. The summed E-state index contributed by atoms with van der Waals surface area (Å²) in [4.78, 5) is 23.5. The van der Waals surface area contributed by atoms with Crippen molar-refractivity contribution in [3.63, 3.8) is 0 Å². The van der Waals surface area contributed by atoms with Gasteiger partial charge < -0.3 is 11.1 Å². The fourth-order valence-corrected chi connectivity index (χ4v) is 2.96. The van der Waals surface area contributed by atoms with Gasteiger partial charge in [-0.3, -0.25) is 9.59 Å². The molecule has 0 saturated carbocycles. The highest BCUT2D eigenvalue weighted by Crippen LogP contribution is 2.20. The molecule has 106 valence electrons. The van der Waals surface area contributed by atoms with Gasteiger partial charge in [0, 0.05) is 20.9 Å². The Labute approximate surface area is 133 Å². The molecule has 0 aliphatic heterocycles. The number of carbonyl (C=O) groups excluding carboxylic acids is 2. The molecule has 0 aliphatic rings. The van der Waals surface area contributed by atoms with Crippen molar-refractivity contribution in [1.82, 2.24) is 5.32 Å². The Morgan fingerprint density at radius 3 is 2.35 bits per heavy atom. The summed E-state index contributed by atoms with van der Waals surface area (Å²) in [6.07, 6.45) is 0.135. The predicted octanol–water partition coefficient (Wildman–Crippen LogP) is 2.35. The number of primary amides is 1. The van der Waals surface area contributed by atoms with Crippen LogP contribution < -0.4 is 11.1 Å². The molecule has 0 saturated heterocycles. The van der Waals surface area contributed by atoms with Crippen LogP contribution in [0.25, 0.3) is 0 Å². The molecule has 2 amide bonds. The molecule has 0 spiro atoms. The standard InChI is InChI=1S/C13H13Br2N3O2/c1-7(2-3-16)11(12(17)19)18-13(20)8-4-9(14)6-10(15)5-8/h4-7,11H,2H2,1H3,(H2,17,19)(H,18,20)/t7-,11+/m1/s1. The van der Waals surface area contributed by atoms with Crippen LogP contribution >= 0.6 is 31.9 Å². The van der Waals surface area contributed by atoms with Crippen molar-refractivity contribution >= 4 is 43.7 Å². The number of nitrogens with one attached hydrogen (secondary N) is 1. The smallest absolute Gasteiger partial charge is 0.252 e. The molecule has 5 nitrogen and oxygen atoms in total. The summed E-state index contributed by atoms with van der Waals surface area (Å²) >= 11 is 6.57. The minimum absolute atomic E-state index is 0.135. The lowest BCUT2D eigenvalue weighted by Crippen LogP contribution is -2.48. The number of nitrogens with two attached hydrogens (primary N) is 1. The lowest BCUT2D eigenvalue weighted by atomic mass is 9.98. The molecular formula is C13H13Br2N3O2. The van der Waals surface area contributed by atoms with Crippen molar-refractivity contribution in [3.05, 3.63) is 32.7 Å². The summed E-state index contributed by atoms with van der Waals surface area (Å²) in [6.45, 7) is 1.69. The number of carbonyl (C=O) groups is 2. The number of halogens is 2. The van der Waals surface area contributed by atoms with Crippen LogP contribution in [0.15, 0.2) is 27.1 Å². The van der Waals surface area contributed by atoms with Gasteiger partial charge in [-0.1, -0.05) is 38.8 Å². The largest absolute Gasteiger partial charge is 0.368 e. The average Bonchev–Trinajstić information content (AvgIpc) is 2.34. The summed E-state index contributed by atoms with van der Waals surface area (Å²) in [5.41, 5.74) is 5.66. The van der Waals surface area contributed by atoms with Crippen molar-refractivity contribution in [2.45, 2.75) is 19.4 Å². The summed E-state index contributed by atoms with van der Waals surface area (Å²) in [5.74, 6) is -1.42. The maximum absolute atomic E-state index is 12.1. The number of rotatable bonds is 5. The van der Waals surface area contributed by atoms with Crippen LogP contribution in [0.3, 0.4) is 0 Å². The quantitative estimate of drug-likeness (QED) is 0.790. The lowest BCUT2D eigenvalue weighted by molar-refractivity contribution is -0.120. The van der Waals surface area contributed by atoms with Crippen molar-refractivity contribution < 1.29 is 9.59 Å². The Hall–Kier alpha value is -1.39. The van der Waals surface area contributed by atoms with E-state index in [-0.39, 0.29) is 12.3 Å². The molecule has 0 aliphatic carbocycles. The fourth-order valence-electron chi connectivity index (χ4n) is 1.67. The third-order valence-corrected chi connectivity index (χ3v) is 3.62. The molecule has 20 heavy (non-hydrogen) atoms. The first kappa shape index (κ1) is 16.7. The van der Waals surface area contributed by atoms with Crippen LogP contribution in [0.1, 0.15) is 23.7 Å². The van der Waals surface area contributed by atoms with Crippen molar-refractivity contribution in [1.29, 1.82) is 5.26 Å². The number of amides is 2. The monoisotopic (exact) mass is 401 g/mol. The second-order valence-electron chi connectivity index (χ2n) is 4.35. The Bertz CT molecular complexity index is 549. The molecule has 0 bridgehead atoms. The second kappa shape index (κ2) is 7.41. The first-order valence-corrected chi connectivity index (χ1v) is 7.37. The maximum atomic E-state index is 12.1. The Kier molecular flexibility index (Phi) is 6.17. The van der Waals surface area contributed by atoms with Crippen LogP contribution in [-0.4, -0.2) is 17.9 Å². The van der Waals surface area contributed by atoms with Crippen LogP contribution in [-0.2, 0) is 4.79 Å². The van der Waals surface area contributed by atoms with E-state index in [9.17, 15) is 9.59 Å². The number of nitrogens with zero attached hydrogens (tertiary/aromatic N) is 1.